The molecule has 0 radical (unpaired) electrons. The second-order valence-corrected chi connectivity index (χ2v) is 16.3. The third-order valence-corrected chi connectivity index (χ3v) is 11.9. The second-order valence-electron chi connectivity index (χ2n) is 15.9. The van der Waals surface area contributed by atoms with E-state index >= 15 is 0 Å². The summed E-state index contributed by atoms with van der Waals surface area (Å²) in [6.45, 7) is 12.1. The first-order chi connectivity index (χ1) is 26.6. The van der Waals surface area contributed by atoms with Crippen molar-refractivity contribution in [3.8, 4) is 17.6 Å². The van der Waals surface area contributed by atoms with Crippen LogP contribution < -0.4 is 20.1 Å². The number of nitrogens with two attached hydrogens (primary N) is 1. The Balaban J connectivity index is 0.952. The third kappa shape index (κ3) is 6.83. The normalized spacial score (nSPS) is 23.1. The zero-order valence-corrected chi connectivity index (χ0v) is 32.5. The topological polar surface area (TPSA) is 179 Å². The number of pyridine rings is 1. The number of hydrogen-bond acceptors (Lipinski definition) is 11. The first-order valence-electron chi connectivity index (χ1n) is 18.7. The molecule has 1 unspecified atom stereocenters. The van der Waals surface area contributed by atoms with Gasteiger partial charge >= 0.3 is 0 Å². The fourth-order valence-corrected chi connectivity index (χ4v) is 9.39. The van der Waals surface area contributed by atoms with Gasteiger partial charge in [0, 0.05) is 62.2 Å². The van der Waals surface area contributed by atoms with Crippen LogP contribution in [0.4, 0.5) is 5.82 Å². The van der Waals surface area contributed by atoms with Crippen LogP contribution in [0.5, 0.6) is 11.5 Å². The van der Waals surface area contributed by atoms with Gasteiger partial charge in [0.2, 0.25) is 11.8 Å². The number of primary amides is 1. The van der Waals surface area contributed by atoms with Gasteiger partial charge in [-0.3, -0.25) is 38.7 Å². The molecule has 56 heavy (non-hydrogen) atoms. The molecule has 3 aliphatic heterocycles. The van der Waals surface area contributed by atoms with Crippen LogP contribution in [-0.2, 0) is 9.59 Å². The summed E-state index contributed by atoms with van der Waals surface area (Å²) in [4.78, 5) is 77.8. The van der Waals surface area contributed by atoms with E-state index in [1.807, 2.05) is 33.8 Å². The largest absolute Gasteiger partial charge is 0.494 e. The van der Waals surface area contributed by atoms with Crippen molar-refractivity contribution in [2.75, 3.05) is 44.2 Å². The van der Waals surface area contributed by atoms with Gasteiger partial charge in [-0.1, -0.05) is 39.3 Å². The van der Waals surface area contributed by atoms with Crippen LogP contribution in [-0.4, -0.2) is 107 Å². The van der Waals surface area contributed by atoms with E-state index in [4.69, 9.17) is 26.8 Å². The fourth-order valence-electron chi connectivity index (χ4n) is 9.18. The molecule has 292 valence electrons. The maximum Gasteiger partial charge on any atom is 0.262 e. The lowest BCUT2D eigenvalue weighted by molar-refractivity contribution is -0.216. The first kappa shape index (κ1) is 38.7. The first-order valence-corrected chi connectivity index (χ1v) is 19.1. The molecule has 3 aromatic rings. The molecule has 2 saturated heterocycles. The Kier molecular flexibility index (Phi) is 10.3. The van der Waals surface area contributed by atoms with Gasteiger partial charge in [-0.2, -0.15) is 5.26 Å². The smallest absolute Gasteiger partial charge is 0.262 e. The van der Waals surface area contributed by atoms with Crippen molar-refractivity contribution >= 4 is 47.0 Å². The van der Waals surface area contributed by atoms with E-state index in [-0.39, 0.29) is 34.9 Å². The minimum absolute atomic E-state index is 0.00637. The van der Waals surface area contributed by atoms with Crippen molar-refractivity contribution in [2.24, 2.45) is 16.6 Å². The number of rotatable bonds is 11. The van der Waals surface area contributed by atoms with Crippen molar-refractivity contribution < 1.29 is 33.4 Å². The molecule has 1 aromatic heterocycles. The van der Waals surface area contributed by atoms with Gasteiger partial charge in [0.25, 0.3) is 17.7 Å². The highest BCUT2D eigenvalue weighted by Gasteiger charge is 2.68. The number of aromatic nitrogens is 1. The molecule has 5 amide bonds. The maximum absolute atomic E-state index is 14.3. The van der Waals surface area contributed by atoms with Gasteiger partial charge in [0.15, 0.2) is 0 Å². The standard InChI is InChI=1S/C41H44ClN7O7/c1-40(2)38(41(3,4)39(40)56-27-8-6-24(22-43)30(42)21-27)49-33(50)13-11-31(37(49)54)48-35(52)28-10-9-26(20-29(28)36(48)53)55-19-5-14-46-15-17-47(18-16-46)32-12-7-25(23-45-32)34(44)51/h6-10,12,20-21,23,31,38-39H,5,11,13-19H2,1-4H3,(H2,44,51). The molecular formula is C41H44ClN7O7. The van der Waals surface area contributed by atoms with Crippen LogP contribution >= 0.6 is 11.6 Å². The van der Waals surface area contributed by atoms with Crippen molar-refractivity contribution in [1.29, 1.82) is 5.26 Å². The summed E-state index contributed by atoms with van der Waals surface area (Å²) < 4.78 is 12.4. The highest BCUT2D eigenvalue weighted by molar-refractivity contribution is 6.31. The van der Waals surface area contributed by atoms with Gasteiger partial charge in [0.1, 0.15) is 35.5 Å². The number of nitrogens with zero attached hydrogens (tertiary/aromatic N) is 6. The van der Waals surface area contributed by atoms with Crippen molar-refractivity contribution in [3.63, 3.8) is 0 Å². The van der Waals surface area contributed by atoms with E-state index in [0.29, 0.717) is 29.2 Å². The predicted octanol–water partition coefficient (Wildman–Crippen LogP) is 4.29. The number of fused-ring (bicyclic) bond motifs is 1. The Hall–Kier alpha value is -5.52. The summed E-state index contributed by atoms with van der Waals surface area (Å²) in [5.41, 5.74) is 4.95. The van der Waals surface area contributed by atoms with Crippen LogP contribution in [0, 0.1) is 22.2 Å². The predicted molar refractivity (Wildman–Crippen MR) is 205 cm³/mol. The van der Waals surface area contributed by atoms with Gasteiger partial charge < -0.3 is 20.1 Å². The summed E-state index contributed by atoms with van der Waals surface area (Å²) in [5, 5.41) is 9.51. The quantitative estimate of drug-likeness (QED) is 0.217. The lowest BCUT2D eigenvalue weighted by Gasteiger charge is -2.65. The monoisotopic (exact) mass is 781 g/mol. The van der Waals surface area contributed by atoms with E-state index in [9.17, 15) is 29.2 Å². The van der Waals surface area contributed by atoms with Crippen LogP contribution in [0.2, 0.25) is 5.02 Å². The summed E-state index contributed by atoms with van der Waals surface area (Å²) in [7, 11) is 0. The van der Waals surface area contributed by atoms with Gasteiger partial charge in [0.05, 0.1) is 39.9 Å². The van der Waals surface area contributed by atoms with E-state index in [1.165, 1.54) is 11.1 Å². The highest BCUT2D eigenvalue weighted by Crippen LogP contribution is 2.58. The molecule has 7 rings (SSSR count). The van der Waals surface area contributed by atoms with Crippen molar-refractivity contribution in [1.82, 2.24) is 19.7 Å². The molecule has 1 atom stereocenters. The Morgan fingerprint density at radius 2 is 1.62 bits per heavy atom. The van der Waals surface area contributed by atoms with E-state index in [1.54, 1.807) is 48.5 Å². The van der Waals surface area contributed by atoms with E-state index in [2.05, 4.69) is 14.8 Å². The minimum Gasteiger partial charge on any atom is -0.494 e. The van der Waals surface area contributed by atoms with Crippen LogP contribution in [0.3, 0.4) is 0 Å². The van der Waals surface area contributed by atoms with Crippen LogP contribution in [0.25, 0.3) is 0 Å². The Morgan fingerprint density at radius 3 is 2.27 bits per heavy atom. The fraction of sp³-hybridized carbons (Fsp3) is 0.439. The van der Waals surface area contributed by atoms with Gasteiger partial charge in [-0.05, 0) is 55.3 Å². The number of nitriles is 1. The molecule has 0 bridgehead atoms. The molecule has 14 nitrogen and oxygen atoms in total. The van der Waals surface area contributed by atoms with E-state index in [0.717, 1.165) is 49.9 Å². The average molecular weight is 782 g/mol. The number of imide groups is 2. The summed E-state index contributed by atoms with van der Waals surface area (Å²) >= 11 is 6.25. The number of ether oxygens (including phenoxy) is 2. The Morgan fingerprint density at radius 1 is 0.929 bits per heavy atom. The number of carbonyl (C=O) groups is 5. The molecule has 4 heterocycles. The summed E-state index contributed by atoms with van der Waals surface area (Å²) in [5.74, 6) is -0.912. The molecule has 4 aliphatic rings. The number of amides is 5. The zero-order valence-electron chi connectivity index (χ0n) is 31.8. The Labute approximate surface area is 330 Å². The lowest BCUT2D eigenvalue weighted by atomic mass is 9.48. The molecule has 15 heteroatoms. The number of piperazine rings is 1. The minimum atomic E-state index is -1.14. The number of hydrogen-bond donors (Lipinski definition) is 1. The highest BCUT2D eigenvalue weighted by atomic mass is 35.5. The SMILES string of the molecule is CC1(C)C(Oc2ccc(C#N)c(Cl)c2)C(C)(C)C1N1C(=O)CCC(N2C(=O)c3ccc(OCCCN4CCN(c5ccc(C(N)=O)cn5)CC4)cc3C2=O)C1=O. The second kappa shape index (κ2) is 14.9. The molecular weight excluding hydrogens is 738 g/mol. The molecule has 1 saturated carbocycles. The van der Waals surface area contributed by atoms with Crippen molar-refractivity contribution in [3.05, 3.63) is 82.0 Å². The maximum atomic E-state index is 14.3. The lowest BCUT2D eigenvalue weighted by Crippen LogP contribution is -2.77. The van der Waals surface area contributed by atoms with E-state index < -0.39 is 52.6 Å². The summed E-state index contributed by atoms with van der Waals surface area (Å²) in [6, 6.07) is 13.4. The number of piperidine rings is 1. The molecule has 0 spiro atoms. The molecule has 2 aromatic carbocycles. The number of carbonyl (C=O) groups excluding carboxylic acids is 5. The van der Waals surface area contributed by atoms with Gasteiger partial charge in [-0.25, -0.2) is 4.98 Å². The molecule has 2 N–H and O–H groups in total. The average Bonchev–Trinajstić information content (AvgIpc) is 3.42. The van der Waals surface area contributed by atoms with Gasteiger partial charge in [-0.15, -0.1) is 0 Å². The van der Waals surface area contributed by atoms with Crippen LogP contribution in [0.1, 0.15) is 83.6 Å². The Bertz CT molecular complexity index is 2130. The summed E-state index contributed by atoms with van der Waals surface area (Å²) in [6.07, 6.45) is 1.82. The zero-order chi connectivity index (χ0) is 40.1. The molecule has 1 aliphatic carbocycles. The number of likely N-dealkylation sites (tertiary alicyclic amines) is 1. The number of anilines is 1. The van der Waals surface area contributed by atoms with Crippen molar-refractivity contribution in [2.45, 2.75) is 65.1 Å². The number of benzene rings is 2. The third-order valence-electron chi connectivity index (χ3n) is 11.6. The molecule has 3 fully saturated rings. The number of halogens is 1. The van der Waals surface area contributed by atoms with Crippen LogP contribution in [0.15, 0.2) is 54.7 Å².